The van der Waals surface area contributed by atoms with Gasteiger partial charge >= 0.3 is 12.1 Å². The Morgan fingerprint density at radius 3 is 2.69 bits per heavy atom. The summed E-state index contributed by atoms with van der Waals surface area (Å²) in [6.07, 6.45) is 3.89. The van der Waals surface area contributed by atoms with Crippen LogP contribution in [-0.4, -0.2) is 139 Å². The second-order valence-corrected chi connectivity index (χ2v) is 13.5. The lowest BCUT2D eigenvalue weighted by Gasteiger charge is -2.45. The van der Waals surface area contributed by atoms with Crippen LogP contribution >= 0.6 is 0 Å². The lowest BCUT2D eigenvalue weighted by atomic mass is 9.84. The van der Waals surface area contributed by atoms with E-state index in [0.717, 1.165) is 30.4 Å². The van der Waals surface area contributed by atoms with E-state index in [1.807, 2.05) is 0 Å². The molecular weight excluding hydrogens is 727 g/mol. The third-order valence-electron chi connectivity index (χ3n) is 9.33. The first-order chi connectivity index (χ1) is 26.4. The number of amides is 4. The molecule has 2 aromatic rings. The first-order valence-corrected chi connectivity index (χ1v) is 18.1. The van der Waals surface area contributed by atoms with E-state index < -0.39 is 53.5 Å². The maximum absolute atomic E-state index is 15.2. The molecule has 0 bridgehead atoms. The number of hydrogen-bond donors (Lipinski definition) is 4. The zero-order valence-electron chi connectivity index (χ0n) is 31.1. The minimum atomic E-state index is -1.63. The van der Waals surface area contributed by atoms with Crippen molar-refractivity contribution in [1.82, 2.24) is 35.3 Å². The van der Waals surface area contributed by atoms with Crippen LogP contribution in [0.15, 0.2) is 49.2 Å². The summed E-state index contributed by atoms with van der Waals surface area (Å²) in [4.78, 5) is 56.2. The average molecular weight is 778 g/mol. The Hall–Kier alpha value is -4.78. The van der Waals surface area contributed by atoms with Crippen molar-refractivity contribution >= 4 is 24.3 Å². The maximum Gasteiger partial charge on any atom is 0.407 e. The number of benzene rings is 1. The number of imidazole rings is 1. The highest BCUT2D eigenvalue weighted by Gasteiger charge is 2.48. The fourth-order valence-corrected chi connectivity index (χ4v) is 6.34. The van der Waals surface area contributed by atoms with E-state index in [-0.39, 0.29) is 108 Å². The number of aliphatic hydroxyl groups is 1. The molecule has 0 saturated carbocycles. The highest BCUT2D eigenvalue weighted by Crippen LogP contribution is 2.41. The van der Waals surface area contributed by atoms with E-state index in [1.54, 1.807) is 24.6 Å². The van der Waals surface area contributed by atoms with E-state index in [1.165, 1.54) is 16.0 Å². The van der Waals surface area contributed by atoms with Crippen molar-refractivity contribution < 1.29 is 51.7 Å². The average Bonchev–Trinajstić information content (AvgIpc) is 3.77. The van der Waals surface area contributed by atoms with Gasteiger partial charge in [-0.25, -0.2) is 27.7 Å². The third kappa shape index (κ3) is 12.1. The molecule has 0 aliphatic carbocycles. The van der Waals surface area contributed by atoms with Gasteiger partial charge in [-0.2, -0.15) is 0 Å². The van der Waals surface area contributed by atoms with Gasteiger partial charge < -0.3 is 49.6 Å². The molecule has 0 radical (unpaired) electrons. The Balaban J connectivity index is 1.49. The smallest absolute Gasteiger partial charge is 0.407 e. The second kappa shape index (κ2) is 20.8. The van der Waals surface area contributed by atoms with Gasteiger partial charge in [0.05, 0.1) is 30.6 Å². The molecule has 302 valence electrons. The number of aromatic nitrogens is 2. The summed E-state index contributed by atoms with van der Waals surface area (Å²) in [7, 11) is 1.55. The number of alkyl halides is 1. The Bertz CT molecular complexity index is 1650. The molecule has 4 atom stereocenters. The van der Waals surface area contributed by atoms with Crippen molar-refractivity contribution in [2.45, 2.75) is 50.2 Å². The molecule has 2 aliphatic heterocycles. The highest BCUT2D eigenvalue weighted by molar-refractivity contribution is 5.90. The second-order valence-electron chi connectivity index (χ2n) is 13.5. The van der Waals surface area contributed by atoms with Crippen molar-refractivity contribution in [2.75, 3.05) is 72.8 Å². The van der Waals surface area contributed by atoms with Crippen LogP contribution in [0.3, 0.4) is 0 Å². The summed E-state index contributed by atoms with van der Waals surface area (Å²) in [5, 5.41) is 20.6. The molecule has 2 saturated heterocycles. The van der Waals surface area contributed by atoms with Gasteiger partial charge in [-0.1, -0.05) is 6.08 Å². The quantitative estimate of drug-likeness (QED) is 0.0718. The van der Waals surface area contributed by atoms with Gasteiger partial charge in [-0.05, 0) is 31.2 Å². The number of hydrogen-bond acceptors (Lipinski definition) is 10. The molecule has 18 heteroatoms. The van der Waals surface area contributed by atoms with E-state index >= 15 is 4.39 Å². The summed E-state index contributed by atoms with van der Waals surface area (Å²) in [6, 6.07) is 0.306. The minimum absolute atomic E-state index is 0.0601. The predicted octanol–water partition coefficient (Wildman–Crippen LogP) is 2.51. The molecule has 4 unspecified atom stereocenters. The number of ether oxygens (including phenoxy) is 3. The number of carbonyl (C=O) groups excluding carboxylic acids is 4. The van der Waals surface area contributed by atoms with Gasteiger partial charge in [-0.15, -0.1) is 6.58 Å². The topological polar surface area (TPSA) is 177 Å². The first kappa shape index (κ1) is 43.0. The zero-order chi connectivity index (χ0) is 40.0. The first-order valence-electron chi connectivity index (χ1n) is 18.1. The Morgan fingerprint density at radius 2 is 2.00 bits per heavy atom. The van der Waals surface area contributed by atoms with Crippen molar-refractivity contribution in [3.8, 4) is 11.3 Å². The lowest BCUT2D eigenvalue weighted by Crippen LogP contribution is -2.57. The molecule has 2 fully saturated rings. The van der Waals surface area contributed by atoms with Crippen LogP contribution in [0.1, 0.15) is 31.6 Å². The van der Waals surface area contributed by atoms with Gasteiger partial charge in [0, 0.05) is 96.1 Å². The third-order valence-corrected chi connectivity index (χ3v) is 9.33. The number of halogens is 3. The summed E-state index contributed by atoms with van der Waals surface area (Å²) in [5.41, 5.74) is -1.69. The SMILES string of the molecule is C=CCn1cc(-c2cc(F)ccc2F)nc1C(N(CC1CNCC1F)C(=O)NC(C)COC(=O)NCCOCCN(C)C(=O)/C=C\C=O)C1(O)CCOCC1. The predicted molar refractivity (Wildman–Crippen MR) is 194 cm³/mol. The van der Waals surface area contributed by atoms with Crippen LogP contribution in [0.4, 0.5) is 22.8 Å². The van der Waals surface area contributed by atoms with E-state index in [9.17, 15) is 33.1 Å². The number of carbonyl (C=O) groups is 4. The number of urea groups is 1. The number of alkyl carbamates (subject to hydrolysis) is 1. The van der Waals surface area contributed by atoms with Crippen LogP contribution in [0.5, 0.6) is 0 Å². The largest absolute Gasteiger partial charge is 0.447 e. The van der Waals surface area contributed by atoms with Crippen LogP contribution in [0, 0.1) is 17.6 Å². The molecule has 55 heavy (non-hydrogen) atoms. The molecule has 2 aliphatic rings. The van der Waals surface area contributed by atoms with Crippen LogP contribution in [-0.2, 0) is 30.3 Å². The monoisotopic (exact) mass is 777 g/mol. The van der Waals surface area contributed by atoms with Crippen LogP contribution in [0.2, 0.25) is 0 Å². The number of nitrogens with one attached hydrogen (secondary N) is 3. The van der Waals surface area contributed by atoms with Gasteiger partial charge in [0.1, 0.15) is 42.6 Å². The Labute approximate surface area is 317 Å². The van der Waals surface area contributed by atoms with E-state index in [2.05, 4.69) is 27.5 Å². The van der Waals surface area contributed by atoms with Crippen LogP contribution < -0.4 is 16.0 Å². The van der Waals surface area contributed by atoms with Crippen molar-refractivity contribution in [3.63, 3.8) is 0 Å². The van der Waals surface area contributed by atoms with Gasteiger partial charge in [0.2, 0.25) is 5.91 Å². The molecule has 4 N–H and O–H groups in total. The molecular formula is C37H50F3N7O8. The van der Waals surface area contributed by atoms with Crippen molar-refractivity contribution in [3.05, 3.63) is 66.7 Å². The van der Waals surface area contributed by atoms with Gasteiger partial charge in [0.25, 0.3) is 0 Å². The number of likely N-dealkylation sites (N-methyl/N-ethyl adjacent to an activating group) is 1. The van der Waals surface area contributed by atoms with Crippen molar-refractivity contribution in [1.29, 1.82) is 0 Å². The lowest BCUT2D eigenvalue weighted by molar-refractivity contribution is -0.125. The number of nitrogens with zero attached hydrogens (tertiary/aromatic N) is 4. The molecule has 15 nitrogen and oxygen atoms in total. The summed E-state index contributed by atoms with van der Waals surface area (Å²) in [6.45, 7) is 6.48. The standard InChI is InChI=1S/C37H50F3N7O8/c1-4-12-46-23-31(28-19-27(38)7-8-29(28)39)44-34(46)33(37(52)9-15-53-16-10-37)47(22-26-20-41-21-30(26)40)35(50)43-25(2)24-55-36(51)42-11-17-54-18-13-45(3)32(49)6-5-14-48/h4-8,14,19,23,25-26,30,33,41,52H,1,9-13,15-18,20-22,24H2,2-3H3,(H,42,51)(H,43,50)/b6-5-. The fourth-order valence-electron chi connectivity index (χ4n) is 6.34. The maximum atomic E-state index is 15.2. The Morgan fingerprint density at radius 1 is 1.24 bits per heavy atom. The van der Waals surface area contributed by atoms with E-state index in [0.29, 0.717) is 6.29 Å². The Kier molecular flexibility index (Phi) is 16.2. The van der Waals surface area contributed by atoms with Crippen molar-refractivity contribution in [2.24, 2.45) is 5.92 Å². The highest BCUT2D eigenvalue weighted by atomic mass is 19.1. The zero-order valence-corrected chi connectivity index (χ0v) is 31.1. The number of rotatable bonds is 19. The number of allylic oxidation sites excluding steroid dienone is 2. The minimum Gasteiger partial charge on any atom is -0.447 e. The molecule has 4 rings (SSSR count). The van der Waals surface area contributed by atoms with E-state index in [4.69, 9.17) is 14.2 Å². The summed E-state index contributed by atoms with van der Waals surface area (Å²) in [5.74, 6) is -2.27. The van der Waals surface area contributed by atoms with Gasteiger partial charge in [-0.3, -0.25) is 9.59 Å². The summed E-state index contributed by atoms with van der Waals surface area (Å²) >= 11 is 0. The normalized spacial score (nSPS) is 19.0. The van der Waals surface area contributed by atoms with Crippen LogP contribution in [0.25, 0.3) is 11.3 Å². The molecule has 1 aromatic heterocycles. The molecule has 3 heterocycles. The molecule has 1 aromatic carbocycles. The van der Waals surface area contributed by atoms with Gasteiger partial charge in [0.15, 0.2) is 0 Å². The fraction of sp³-hybridized carbons (Fsp3) is 0.541. The molecule has 4 amide bonds. The number of aldehydes is 1. The molecule has 0 spiro atoms. The summed E-state index contributed by atoms with van der Waals surface area (Å²) < 4.78 is 62.3.